The van der Waals surface area contributed by atoms with Gasteiger partial charge in [-0.25, -0.2) is 0 Å². The molecule has 1 aromatic carbocycles. The maximum absolute atomic E-state index is 12.0. The van der Waals surface area contributed by atoms with Gasteiger partial charge in [0.2, 0.25) is 5.91 Å². The lowest BCUT2D eigenvalue weighted by Crippen LogP contribution is -2.36. The molecule has 20 heavy (non-hydrogen) atoms. The fourth-order valence-electron chi connectivity index (χ4n) is 1.65. The predicted molar refractivity (Wildman–Crippen MR) is 78.8 cm³/mol. The number of carbonyl (C=O) groups is 1. The Morgan fingerprint density at radius 3 is 3.00 bits per heavy atom. The molecule has 0 aliphatic heterocycles. The first-order chi connectivity index (χ1) is 9.72. The van der Waals surface area contributed by atoms with Gasteiger partial charge >= 0.3 is 0 Å². The number of amides is 1. The highest BCUT2D eigenvalue weighted by Gasteiger charge is 2.15. The normalized spacial score (nSPS) is 12.1. The van der Waals surface area contributed by atoms with Crippen molar-refractivity contribution >= 4 is 23.4 Å². The molecule has 106 valence electrons. The lowest BCUT2D eigenvalue weighted by molar-refractivity contribution is -0.117. The third kappa shape index (κ3) is 3.55. The van der Waals surface area contributed by atoms with E-state index in [0.29, 0.717) is 17.8 Å². The van der Waals surface area contributed by atoms with Gasteiger partial charge in [0.15, 0.2) is 0 Å². The molecule has 2 rings (SSSR count). The van der Waals surface area contributed by atoms with Crippen LogP contribution in [0.3, 0.4) is 0 Å². The molecule has 1 amide bonds. The maximum Gasteiger partial charge on any atom is 0.241 e. The van der Waals surface area contributed by atoms with E-state index in [1.807, 2.05) is 24.5 Å². The van der Waals surface area contributed by atoms with Crippen molar-refractivity contribution in [2.24, 2.45) is 5.73 Å². The average molecular weight is 292 g/mol. The molecule has 1 atom stereocenters. The van der Waals surface area contributed by atoms with Gasteiger partial charge in [0.1, 0.15) is 6.33 Å². The molecule has 7 nitrogen and oxygen atoms in total. The lowest BCUT2D eigenvalue weighted by atomic mass is 10.2. The summed E-state index contributed by atoms with van der Waals surface area (Å²) in [4.78, 5) is 12.0. The molecule has 0 aliphatic rings. The van der Waals surface area contributed by atoms with Crippen LogP contribution in [0, 0.1) is 0 Å². The highest BCUT2D eigenvalue weighted by atomic mass is 32.2. The van der Waals surface area contributed by atoms with E-state index in [4.69, 9.17) is 5.73 Å². The van der Waals surface area contributed by atoms with Gasteiger partial charge in [-0.3, -0.25) is 4.79 Å². The Hall–Kier alpha value is -1.93. The molecule has 0 fully saturated rings. The van der Waals surface area contributed by atoms with E-state index in [1.165, 1.54) is 11.0 Å². The van der Waals surface area contributed by atoms with E-state index in [-0.39, 0.29) is 5.91 Å². The quantitative estimate of drug-likeness (QED) is 0.812. The molecule has 0 saturated heterocycles. The zero-order chi connectivity index (χ0) is 14.4. The molecule has 3 N–H and O–H groups in total. The van der Waals surface area contributed by atoms with Crippen LogP contribution in [-0.4, -0.2) is 44.2 Å². The van der Waals surface area contributed by atoms with Gasteiger partial charge in [0.05, 0.1) is 17.4 Å². The third-order valence-electron chi connectivity index (χ3n) is 2.73. The van der Waals surface area contributed by atoms with Crippen LogP contribution in [0.15, 0.2) is 30.6 Å². The number of benzene rings is 1. The monoisotopic (exact) mass is 292 g/mol. The van der Waals surface area contributed by atoms with Gasteiger partial charge in [-0.15, -0.1) is 5.10 Å². The summed E-state index contributed by atoms with van der Waals surface area (Å²) in [7, 11) is 0. The zero-order valence-electron chi connectivity index (χ0n) is 11.1. The molecule has 0 unspecified atom stereocenters. The number of nitrogens with one attached hydrogen (secondary N) is 1. The number of hydrogen-bond acceptors (Lipinski definition) is 6. The van der Waals surface area contributed by atoms with E-state index < -0.39 is 6.04 Å². The van der Waals surface area contributed by atoms with Crippen molar-refractivity contribution in [1.82, 2.24) is 20.2 Å². The highest BCUT2D eigenvalue weighted by molar-refractivity contribution is 7.98. The summed E-state index contributed by atoms with van der Waals surface area (Å²) in [6.07, 6.45) is 4.09. The smallest absolute Gasteiger partial charge is 0.241 e. The number of para-hydroxylation sites is 2. The lowest BCUT2D eigenvalue weighted by Gasteiger charge is -2.14. The third-order valence-corrected chi connectivity index (χ3v) is 3.37. The summed E-state index contributed by atoms with van der Waals surface area (Å²) in [5, 5.41) is 13.8. The van der Waals surface area contributed by atoms with Crippen LogP contribution >= 0.6 is 11.8 Å². The molecular weight excluding hydrogens is 276 g/mol. The van der Waals surface area contributed by atoms with Crippen LogP contribution in [-0.2, 0) is 4.79 Å². The summed E-state index contributed by atoms with van der Waals surface area (Å²) >= 11 is 1.66. The van der Waals surface area contributed by atoms with Gasteiger partial charge in [0.25, 0.3) is 0 Å². The Labute approximate surface area is 120 Å². The van der Waals surface area contributed by atoms with Crippen molar-refractivity contribution in [3.8, 4) is 5.69 Å². The van der Waals surface area contributed by atoms with Crippen LogP contribution in [0.5, 0.6) is 0 Å². The first kappa shape index (κ1) is 14.5. The molecule has 0 bridgehead atoms. The maximum atomic E-state index is 12.0. The summed E-state index contributed by atoms with van der Waals surface area (Å²) < 4.78 is 1.49. The number of hydrogen-bond donors (Lipinski definition) is 2. The molecule has 0 saturated carbocycles. The average Bonchev–Trinajstić information content (AvgIpc) is 2.99. The minimum absolute atomic E-state index is 0.209. The van der Waals surface area contributed by atoms with Crippen LogP contribution in [0.25, 0.3) is 5.69 Å². The second-order valence-electron chi connectivity index (χ2n) is 4.15. The van der Waals surface area contributed by atoms with Crippen molar-refractivity contribution in [2.75, 3.05) is 17.3 Å². The number of anilines is 1. The standard InChI is InChI=1S/C12H16N6OS/c1-20-7-6-9(13)12(19)15-10-4-2-3-5-11(10)18-8-14-16-17-18/h2-5,8-9H,6-7,13H2,1H3,(H,15,19)/t9-/m0/s1. The van der Waals surface area contributed by atoms with E-state index >= 15 is 0 Å². The molecule has 1 aromatic heterocycles. The number of nitrogens with zero attached hydrogens (tertiary/aromatic N) is 4. The van der Waals surface area contributed by atoms with E-state index in [9.17, 15) is 4.79 Å². The van der Waals surface area contributed by atoms with E-state index in [1.54, 1.807) is 17.8 Å². The predicted octanol–water partition coefficient (Wildman–Crippen LogP) is 0.681. The van der Waals surface area contributed by atoms with Crippen LogP contribution in [0.1, 0.15) is 6.42 Å². The van der Waals surface area contributed by atoms with Crippen molar-refractivity contribution in [3.63, 3.8) is 0 Å². The minimum Gasteiger partial charge on any atom is -0.323 e. The Morgan fingerprint density at radius 2 is 2.30 bits per heavy atom. The number of rotatable bonds is 6. The summed E-state index contributed by atoms with van der Waals surface area (Å²) in [6, 6.07) is 6.76. The van der Waals surface area contributed by atoms with Crippen LogP contribution in [0.2, 0.25) is 0 Å². The first-order valence-electron chi connectivity index (χ1n) is 6.10. The number of thioether (sulfide) groups is 1. The Bertz CT molecular complexity index is 559. The van der Waals surface area contributed by atoms with Crippen molar-refractivity contribution in [1.29, 1.82) is 0 Å². The fourth-order valence-corrected chi connectivity index (χ4v) is 2.14. The first-order valence-corrected chi connectivity index (χ1v) is 7.49. The summed E-state index contributed by atoms with van der Waals surface area (Å²) in [6.45, 7) is 0. The Balaban J connectivity index is 2.12. The fraction of sp³-hybridized carbons (Fsp3) is 0.333. The summed E-state index contributed by atoms with van der Waals surface area (Å²) in [5.41, 5.74) is 7.17. The van der Waals surface area contributed by atoms with Crippen LogP contribution in [0.4, 0.5) is 5.69 Å². The zero-order valence-corrected chi connectivity index (χ0v) is 11.9. The largest absolute Gasteiger partial charge is 0.323 e. The molecule has 0 spiro atoms. The SMILES string of the molecule is CSCC[C@H](N)C(=O)Nc1ccccc1-n1cnnn1. The Morgan fingerprint density at radius 1 is 1.50 bits per heavy atom. The highest BCUT2D eigenvalue weighted by Crippen LogP contribution is 2.18. The molecule has 8 heteroatoms. The van der Waals surface area contributed by atoms with Crippen LogP contribution < -0.4 is 11.1 Å². The molecule has 0 radical (unpaired) electrons. The van der Waals surface area contributed by atoms with E-state index in [0.717, 1.165) is 5.75 Å². The molecule has 2 aromatic rings. The second kappa shape index (κ2) is 7.01. The number of carbonyl (C=O) groups excluding carboxylic acids is 1. The Kier molecular flexibility index (Phi) is 5.08. The number of aromatic nitrogens is 4. The molecular formula is C12H16N6OS. The second-order valence-corrected chi connectivity index (χ2v) is 5.13. The van der Waals surface area contributed by atoms with Crippen molar-refractivity contribution in [3.05, 3.63) is 30.6 Å². The van der Waals surface area contributed by atoms with Crippen molar-refractivity contribution in [2.45, 2.75) is 12.5 Å². The molecule has 0 aliphatic carbocycles. The van der Waals surface area contributed by atoms with Gasteiger partial charge < -0.3 is 11.1 Å². The van der Waals surface area contributed by atoms with Gasteiger partial charge in [-0.1, -0.05) is 12.1 Å². The topological polar surface area (TPSA) is 98.7 Å². The van der Waals surface area contributed by atoms with Gasteiger partial charge in [-0.05, 0) is 41.0 Å². The van der Waals surface area contributed by atoms with E-state index in [2.05, 4.69) is 20.8 Å². The number of nitrogens with two attached hydrogens (primary N) is 1. The van der Waals surface area contributed by atoms with Gasteiger partial charge in [0, 0.05) is 0 Å². The van der Waals surface area contributed by atoms with Crippen molar-refractivity contribution < 1.29 is 4.79 Å². The number of tetrazole rings is 1. The summed E-state index contributed by atoms with van der Waals surface area (Å²) in [5.74, 6) is 0.642. The molecule has 1 heterocycles. The van der Waals surface area contributed by atoms with Gasteiger partial charge in [-0.2, -0.15) is 16.4 Å². The minimum atomic E-state index is -0.524.